The van der Waals surface area contributed by atoms with Crippen molar-refractivity contribution < 1.29 is 5.11 Å². The van der Waals surface area contributed by atoms with E-state index in [1.807, 2.05) is 0 Å². The van der Waals surface area contributed by atoms with Gasteiger partial charge in [-0.2, -0.15) is 0 Å². The molecule has 0 amide bonds. The summed E-state index contributed by atoms with van der Waals surface area (Å²) in [7, 11) is 0. The molecule has 0 aliphatic rings. The smallest absolute Gasteiger partial charge is 0.0917 e. The Balaban J connectivity index is 2.54. The van der Waals surface area contributed by atoms with Crippen molar-refractivity contribution in [2.75, 3.05) is 19.6 Å². The molecule has 0 aromatic heterocycles. The van der Waals surface area contributed by atoms with Crippen molar-refractivity contribution in [1.82, 2.24) is 4.90 Å². The summed E-state index contributed by atoms with van der Waals surface area (Å²) in [6, 6.07) is 3.46. The van der Waals surface area contributed by atoms with Crippen molar-refractivity contribution in [2.45, 2.75) is 97.0 Å². The summed E-state index contributed by atoms with van der Waals surface area (Å²) in [5.41, 5.74) is 0.736. The minimum atomic E-state index is -0.609. The Kier molecular flexibility index (Phi) is 15.5. The Morgan fingerprint density at radius 2 is 1.14 bits per heavy atom. The molecule has 1 rings (SSSR count). The Labute approximate surface area is 193 Å². The largest absolute Gasteiger partial charge is 0.387 e. The molecule has 168 valence electrons. The van der Waals surface area contributed by atoms with E-state index in [2.05, 4.69) is 18.7 Å². The molecule has 1 aromatic carbocycles. The number of nitrogens with zero attached hydrogens (tertiary/aromatic N) is 1. The molecule has 0 fully saturated rings. The number of aliphatic hydroxyl groups excluding tert-OH is 1. The summed E-state index contributed by atoms with van der Waals surface area (Å²) in [4.78, 5) is 2.40. The highest BCUT2D eigenvalue weighted by Gasteiger charge is 2.16. The van der Waals surface area contributed by atoms with Crippen LogP contribution in [-0.2, 0) is 0 Å². The average Bonchev–Trinajstić information content (AvgIpc) is 2.70. The molecule has 0 saturated heterocycles. The second kappa shape index (κ2) is 16.7. The molecule has 5 heteroatoms. The van der Waals surface area contributed by atoms with Crippen LogP contribution in [0.4, 0.5) is 0 Å². The van der Waals surface area contributed by atoms with E-state index in [0.29, 0.717) is 21.6 Å². The van der Waals surface area contributed by atoms with Crippen LogP contribution in [0.1, 0.15) is 103 Å². The van der Waals surface area contributed by atoms with Crippen LogP contribution in [0.5, 0.6) is 0 Å². The van der Waals surface area contributed by atoms with E-state index in [0.717, 1.165) is 18.7 Å². The molecular formula is C24H40Cl3NO. The summed E-state index contributed by atoms with van der Waals surface area (Å²) in [6.07, 6.45) is 14.8. The number of halogens is 3. The van der Waals surface area contributed by atoms with Gasteiger partial charge in [-0.15, -0.1) is 0 Å². The monoisotopic (exact) mass is 463 g/mol. The molecule has 1 atom stereocenters. The lowest BCUT2D eigenvalue weighted by atomic mass is 10.1. The lowest BCUT2D eigenvalue weighted by Crippen LogP contribution is -2.31. The van der Waals surface area contributed by atoms with E-state index < -0.39 is 6.10 Å². The van der Waals surface area contributed by atoms with Crippen molar-refractivity contribution in [3.63, 3.8) is 0 Å². The number of hydrogen-bond acceptors (Lipinski definition) is 2. The van der Waals surface area contributed by atoms with Gasteiger partial charge in [0.15, 0.2) is 0 Å². The highest BCUT2D eigenvalue weighted by atomic mass is 35.5. The minimum absolute atomic E-state index is 0.347. The predicted octanol–water partition coefficient (Wildman–Crippen LogP) is 8.70. The van der Waals surface area contributed by atoms with Gasteiger partial charge < -0.3 is 10.0 Å². The highest BCUT2D eigenvalue weighted by Crippen LogP contribution is 2.33. The zero-order chi connectivity index (χ0) is 21.5. The van der Waals surface area contributed by atoms with Gasteiger partial charge in [0.25, 0.3) is 0 Å². The fourth-order valence-electron chi connectivity index (χ4n) is 3.64. The molecule has 0 spiro atoms. The third kappa shape index (κ3) is 11.8. The molecule has 0 bridgehead atoms. The van der Waals surface area contributed by atoms with E-state index in [4.69, 9.17) is 34.8 Å². The van der Waals surface area contributed by atoms with Crippen LogP contribution >= 0.6 is 34.8 Å². The third-order valence-corrected chi connectivity index (χ3v) is 6.67. The quantitative estimate of drug-likeness (QED) is 0.184. The Morgan fingerprint density at radius 3 is 1.59 bits per heavy atom. The minimum Gasteiger partial charge on any atom is -0.387 e. The maximum atomic E-state index is 10.8. The van der Waals surface area contributed by atoms with Crippen LogP contribution in [0.3, 0.4) is 0 Å². The first kappa shape index (κ1) is 27.0. The first-order valence-electron chi connectivity index (χ1n) is 11.5. The van der Waals surface area contributed by atoms with Gasteiger partial charge in [-0.25, -0.2) is 0 Å². The van der Waals surface area contributed by atoms with Gasteiger partial charge in [0, 0.05) is 6.54 Å². The summed E-state index contributed by atoms with van der Waals surface area (Å²) in [5, 5.41) is 11.9. The van der Waals surface area contributed by atoms with Crippen LogP contribution < -0.4 is 0 Å². The average molecular weight is 465 g/mol. The second-order valence-electron chi connectivity index (χ2n) is 8.15. The van der Waals surface area contributed by atoms with Crippen LogP contribution in [0.2, 0.25) is 15.1 Å². The van der Waals surface area contributed by atoms with Gasteiger partial charge >= 0.3 is 0 Å². The van der Waals surface area contributed by atoms with E-state index >= 15 is 0 Å². The van der Waals surface area contributed by atoms with Crippen molar-refractivity contribution in [1.29, 1.82) is 0 Å². The molecule has 2 nitrogen and oxygen atoms in total. The van der Waals surface area contributed by atoms with Crippen molar-refractivity contribution in [2.24, 2.45) is 0 Å². The Hall–Kier alpha value is 0.01000. The van der Waals surface area contributed by atoms with Crippen LogP contribution in [-0.4, -0.2) is 29.6 Å². The van der Waals surface area contributed by atoms with Gasteiger partial charge in [-0.05, 0) is 43.6 Å². The molecule has 0 unspecified atom stereocenters. The Bertz CT molecular complexity index is 514. The normalized spacial score (nSPS) is 12.7. The standard InChI is InChI=1S/C24H40Cl3NO/c1-3-5-7-9-11-13-15-28(16-14-12-10-8-6-4-2)19-23(29)20-17-21(25)24(27)22(26)18-20/h17-18,23,29H,3-16,19H2,1-2H3/t23-/m1/s1. The fourth-order valence-corrected chi connectivity index (χ4v) is 4.26. The topological polar surface area (TPSA) is 23.5 Å². The molecule has 0 saturated carbocycles. The summed E-state index contributed by atoms with van der Waals surface area (Å²) in [5.74, 6) is 0. The van der Waals surface area contributed by atoms with Gasteiger partial charge in [0.2, 0.25) is 0 Å². The maximum absolute atomic E-state index is 10.8. The lowest BCUT2D eigenvalue weighted by Gasteiger charge is -2.25. The molecule has 0 aliphatic carbocycles. The summed E-state index contributed by atoms with van der Waals surface area (Å²) >= 11 is 18.3. The fraction of sp³-hybridized carbons (Fsp3) is 0.750. The van der Waals surface area contributed by atoms with E-state index in [1.54, 1.807) is 12.1 Å². The second-order valence-corrected chi connectivity index (χ2v) is 9.34. The van der Waals surface area contributed by atoms with Crippen LogP contribution in [0.15, 0.2) is 12.1 Å². The molecule has 1 aromatic rings. The molecule has 1 N–H and O–H groups in total. The first-order valence-corrected chi connectivity index (χ1v) is 12.7. The first-order chi connectivity index (χ1) is 14.0. The maximum Gasteiger partial charge on any atom is 0.0917 e. The number of rotatable bonds is 17. The number of benzene rings is 1. The summed E-state index contributed by atoms with van der Waals surface area (Å²) in [6.45, 7) is 7.18. The van der Waals surface area contributed by atoms with Gasteiger partial charge in [0.1, 0.15) is 0 Å². The zero-order valence-electron chi connectivity index (χ0n) is 18.4. The van der Waals surface area contributed by atoms with Gasteiger partial charge in [-0.3, -0.25) is 0 Å². The molecular weight excluding hydrogens is 425 g/mol. The van der Waals surface area contributed by atoms with E-state index in [1.165, 1.54) is 77.0 Å². The zero-order valence-corrected chi connectivity index (χ0v) is 20.6. The molecule has 0 aliphatic heterocycles. The highest BCUT2D eigenvalue weighted by molar-refractivity contribution is 6.48. The van der Waals surface area contributed by atoms with E-state index in [9.17, 15) is 5.11 Å². The molecule has 29 heavy (non-hydrogen) atoms. The SMILES string of the molecule is CCCCCCCCN(CCCCCCCC)C[C@@H](O)c1cc(Cl)c(Cl)c(Cl)c1. The van der Waals surface area contributed by atoms with Gasteiger partial charge in [-0.1, -0.05) is 113 Å². The predicted molar refractivity (Wildman–Crippen MR) is 130 cm³/mol. The van der Waals surface area contributed by atoms with E-state index in [-0.39, 0.29) is 0 Å². The van der Waals surface area contributed by atoms with Crippen LogP contribution in [0, 0.1) is 0 Å². The van der Waals surface area contributed by atoms with Crippen molar-refractivity contribution in [3.05, 3.63) is 32.8 Å². The third-order valence-electron chi connectivity index (χ3n) is 5.48. The number of unbranched alkanes of at least 4 members (excludes halogenated alkanes) is 10. The number of aliphatic hydroxyl groups is 1. The Morgan fingerprint density at radius 1 is 0.724 bits per heavy atom. The molecule has 0 radical (unpaired) electrons. The van der Waals surface area contributed by atoms with Crippen molar-refractivity contribution >= 4 is 34.8 Å². The lowest BCUT2D eigenvalue weighted by molar-refractivity contribution is 0.110. The van der Waals surface area contributed by atoms with Crippen molar-refractivity contribution in [3.8, 4) is 0 Å². The van der Waals surface area contributed by atoms with Crippen LogP contribution in [0.25, 0.3) is 0 Å². The molecule has 0 heterocycles. The number of hydrogen-bond donors (Lipinski definition) is 1. The van der Waals surface area contributed by atoms with Gasteiger partial charge in [0.05, 0.1) is 21.2 Å². The summed E-state index contributed by atoms with van der Waals surface area (Å²) < 4.78 is 0.